The third-order valence-corrected chi connectivity index (χ3v) is 7.50. The first kappa shape index (κ1) is 23.9. The number of nitrogens with zero attached hydrogens (tertiary/aromatic N) is 2. The summed E-state index contributed by atoms with van der Waals surface area (Å²) in [5.41, 5.74) is 7.44. The van der Waals surface area contributed by atoms with Crippen molar-refractivity contribution in [2.24, 2.45) is 29.4 Å². The average molecular weight is 449 g/mol. The first-order chi connectivity index (χ1) is 12.6. The number of rotatable bonds is 4. The molecule has 3 N–H and O–H groups in total. The minimum atomic E-state index is 0. The third kappa shape index (κ3) is 5.60. The zero-order valence-electron chi connectivity index (χ0n) is 16.6. The summed E-state index contributed by atoms with van der Waals surface area (Å²) >= 11 is 1.56. The van der Waals surface area contributed by atoms with Gasteiger partial charge in [0.2, 0.25) is 5.91 Å². The van der Waals surface area contributed by atoms with Crippen molar-refractivity contribution in [1.29, 1.82) is 0 Å². The van der Waals surface area contributed by atoms with Gasteiger partial charge in [-0.05, 0) is 62.8 Å². The molecule has 28 heavy (non-hydrogen) atoms. The summed E-state index contributed by atoms with van der Waals surface area (Å²) in [6, 6.07) is 0.311. The molecule has 2 aliphatic carbocycles. The summed E-state index contributed by atoms with van der Waals surface area (Å²) in [6.45, 7) is 5.54. The van der Waals surface area contributed by atoms with E-state index in [1.54, 1.807) is 11.3 Å². The molecule has 2 heterocycles. The number of thiazole rings is 1. The Balaban J connectivity index is 0.00000140. The summed E-state index contributed by atoms with van der Waals surface area (Å²) in [4.78, 5) is 19.9. The highest BCUT2D eigenvalue weighted by Crippen LogP contribution is 2.42. The zero-order valence-corrected chi connectivity index (χ0v) is 19.1. The molecule has 3 unspecified atom stereocenters. The van der Waals surface area contributed by atoms with Crippen molar-refractivity contribution < 1.29 is 4.79 Å². The fraction of sp³-hybridized carbons (Fsp3) is 0.800. The molecule has 0 spiro atoms. The highest BCUT2D eigenvalue weighted by atomic mass is 35.5. The number of hydrogen-bond acceptors (Lipinski definition) is 5. The average Bonchev–Trinajstić information content (AvgIpc) is 3.01. The van der Waals surface area contributed by atoms with Crippen molar-refractivity contribution in [2.75, 3.05) is 18.4 Å². The van der Waals surface area contributed by atoms with Crippen molar-refractivity contribution in [3.63, 3.8) is 0 Å². The Bertz CT molecular complexity index is 629. The summed E-state index contributed by atoms with van der Waals surface area (Å²) in [5.74, 6) is 2.11. The second-order valence-corrected chi connectivity index (χ2v) is 9.67. The Labute approximate surface area is 185 Å². The molecule has 1 amide bonds. The van der Waals surface area contributed by atoms with Crippen molar-refractivity contribution >= 4 is 47.2 Å². The van der Waals surface area contributed by atoms with Crippen LogP contribution in [0.5, 0.6) is 0 Å². The van der Waals surface area contributed by atoms with E-state index in [0.29, 0.717) is 17.9 Å². The van der Waals surface area contributed by atoms with E-state index in [2.05, 4.69) is 27.5 Å². The van der Waals surface area contributed by atoms with E-state index in [0.717, 1.165) is 49.2 Å². The number of hydrogen-bond donors (Lipinski definition) is 2. The number of nitrogens with one attached hydrogen (secondary N) is 1. The number of fused-ring (bicyclic) bond motifs is 2. The van der Waals surface area contributed by atoms with E-state index in [1.165, 1.54) is 32.1 Å². The van der Waals surface area contributed by atoms with Gasteiger partial charge >= 0.3 is 0 Å². The number of likely N-dealkylation sites (tertiary alicyclic amines) is 1. The molecule has 2 saturated carbocycles. The van der Waals surface area contributed by atoms with Gasteiger partial charge in [0.15, 0.2) is 5.13 Å². The Morgan fingerprint density at radius 2 is 1.96 bits per heavy atom. The first-order valence-electron chi connectivity index (χ1n) is 10.3. The van der Waals surface area contributed by atoms with E-state index >= 15 is 0 Å². The quantitative estimate of drug-likeness (QED) is 0.719. The molecule has 1 aromatic heterocycles. The highest BCUT2D eigenvalue weighted by molar-refractivity contribution is 7.13. The van der Waals surface area contributed by atoms with Crippen molar-refractivity contribution in [3.05, 3.63) is 11.1 Å². The van der Waals surface area contributed by atoms with Gasteiger partial charge in [0.25, 0.3) is 0 Å². The lowest BCUT2D eigenvalue weighted by atomic mass is 9.65. The number of halogens is 2. The summed E-state index contributed by atoms with van der Waals surface area (Å²) in [7, 11) is 0. The normalized spacial score (nSPS) is 32.7. The monoisotopic (exact) mass is 448 g/mol. The van der Waals surface area contributed by atoms with Crippen LogP contribution < -0.4 is 11.1 Å². The predicted octanol–water partition coefficient (Wildman–Crippen LogP) is 4.31. The Morgan fingerprint density at radius 1 is 1.25 bits per heavy atom. The Kier molecular flexibility index (Phi) is 9.02. The van der Waals surface area contributed by atoms with Gasteiger partial charge in [-0.25, -0.2) is 4.98 Å². The molecule has 5 nitrogen and oxygen atoms in total. The molecule has 0 aromatic carbocycles. The first-order valence-corrected chi connectivity index (χ1v) is 11.2. The molecule has 1 saturated heterocycles. The topological polar surface area (TPSA) is 71.2 Å². The van der Waals surface area contributed by atoms with Crippen LogP contribution in [0.3, 0.4) is 0 Å². The van der Waals surface area contributed by atoms with E-state index in [4.69, 9.17) is 5.73 Å². The number of piperidine rings is 1. The third-order valence-electron chi connectivity index (χ3n) is 6.69. The van der Waals surface area contributed by atoms with Gasteiger partial charge in [-0.1, -0.05) is 13.3 Å². The van der Waals surface area contributed by atoms with Crippen LogP contribution in [-0.2, 0) is 11.3 Å². The van der Waals surface area contributed by atoms with E-state index < -0.39 is 0 Å². The predicted molar refractivity (Wildman–Crippen MR) is 120 cm³/mol. The second kappa shape index (κ2) is 10.6. The number of aromatic nitrogens is 1. The van der Waals surface area contributed by atoms with E-state index in [9.17, 15) is 4.79 Å². The molecule has 3 fully saturated rings. The summed E-state index contributed by atoms with van der Waals surface area (Å²) in [5, 5.41) is 5.95. The molecule has 0 radical (unpaired) electrons. The van der Waals surface area contributed by atoms with Gasteiger partial charge in [-0.3, -0.25) is 9.69 Å². The molecule has 8 heteroatoms. The van der Waals surface area contributed by atoms with E-state index in [-0.39, 0.29) is 36.6 Å². The maximum Gasteiger partial charge on any atom is 0.229 e. The standard InChI is InChI=1S/C20H32N4OS.2ClH/c1-13-4-3-7-24(10-13)11-17-12-26-20(22-17)23-19(25)16-8-14-5-2-6-15(9-16)18(14)21;;/h12-16,18H,2-11,21H2,1H3,(H,22,23,25);2*1H. The van der Waals surface area contributed by atoms with Crippen molar-refractivity contribution in [1.82, 2.24) is 9.88 Å². The van der Waals surface area contributed by atoms with Crippen LogP contribution in [0.15, 0.2) is 5.38 Å². The van der Waals surface area contributed by atoms with Crippen LogP contribution in [0.4, 0.5) is 5.13 Å². The lowest BCUT2D eigenvalue weighted by Gasteiger charge is -2.43. The summed E-state index contributed by atoms with van der Waals surface area (Å²) in [6.07, 6.45) is 8.18. The molecular formula is C20H34Cl2N4OS. The van der Waals surface area contributed by atoms with Gasteiger partial charge in [0, 0.05) is 30.4 Å². The summed E-state index contributed by atoms with van der Waals surface area (Å²) < 4.78 is 0. The van der Waals surface area contributed by atoms with Gasteiger partial charge in [-0.2, -0.15) is 0 Å². The molecule has 4 rings (SSSR count). The maximum absolute atomic E-state index is 12.8. The van der Waals surface area contributed by atoms with Crippen LogP contribution in [0.1, 0.15) is 57.6 Å². The van der Waals surface area contributed by atoms with Crippen LogP contribution in [0, 0.1) is 23.7 Å². The van der Waals surface area contributed by atoms with Crippen LogP contribution in [-0.4, -0.2) is 34.9 Å². The molecule has 160 valence electrons. The fourth-order valence-corrected chi connectivity index (χ4v) is 6.01. The van der Waals surface area contributed by atoms with Gasteiger partial charge in [-0.15, -0.1) is 36.2 Å². The molecule has 1 aliphatic heterocycles. The highest BCUT2D eigenvalue weighted by Gasteiger charge is 2.40. The van der Waals surface area contributed by atoms with Crippen molar-refractivity contribution in [3.8, 4) is 0 Å². The number of carbonyl (C=O) groups excluding carboxylic acids is 1. The number of anilines is 1. The minimum Gasteiger partial charge on any atom is -0.327 e. The number of nitrogens with two attached hydrogens (primary N) is 1. The smallest absolute Gasteiger partial charge is 0.229 e. The number of amides is 1. The van der Waals surface area contributed by atoms with Crippen LogP contribution in [0.2, 0.25) is 0 Å². The number of carbonyl (C=O) groups is 1. The Morgan fingerprint density at radius 3 is 2.64 bits per heavy atom. The molecular weight excluding hydrogens is 415 g/mol. The fourth-order valence-electron chi connectivity index (χ4n) is 5.31. The van der Waals surface area contributed by atoms with Crippen LogP contribution in [0.25, 0.3) is 0 Å². The Hall–Kier alpha value is -0.400. The lowest BCUT2D eigenvalue weighted by molar-refractivity contribution is -0.122. The molecule has 3 aliphatic rings. The minimum absolute atomic E-state index is 0. The molecule has 3 atom stereocenters. The second-order valence-electron chi connectivity index (χ2n) is 8.81. The van der Waals surface area contributed by atoms with Crippen LogP contribution >= 0.6 is 36.2 Å². The largest absolute Gasteiger partial charge is 0.327 e. The maximum atomic E-state index is 12.8. The van der Waals surface area contributed by atoms with Crippen molar-refractivity contribution in [2.45, 2.75) is 64.5 Å². The van der Waals surface area contributed by atoms with Gasteiger partial charge in [0.1, 0.15) is 0 Å². The zero-order chi connectivity index (χ0) is 18.1. The van der Waals surface area contributed by atoms with Gasteiger partial charge < -0.3 is 11.1 Å². The SMILES string of the molecule is CC1CCCN(Cc2csc(NC(=O)C3CC4CCCC(C3)C4N)n2)C1.Cl.Cl. The van der Waals surface area contributed by atoms with E-state index in [1.807, 2.05) is 0 Å². The molecule has 1 aromatic rings. The molecule has 2 bridgehead atoms. The lowest BCUT2D eigenvalue weighted by Crippen LogP contribution is -2.48. The van der Waals surface area contributed by atoms with Gasteiger partial charge in [0.05, 0.1) is 5.69 Å².